The fourth-order valence-corrected chi connectivity index (χ4v) is 3.55. The van der Waals surface area contributed by atoms with Gasteiger partial charge in [0.05, 0.1) is 0 Å². The first-order valence-corrected chi connectivity index (χ1v) is 7.70. The Hall–Kier alpha value is -0.820. The second kappa shape index (κ2) is 5.68. The van der Waals surface area contributed by atoms with E-state index >= 15 is 0 Å². The van der Waals surface area contributed by atoms with Crippen molar-refractivity contribution in [2.75, 3.05) is 18.6 Å². The van der Waals surface area contributed by atoms with Crippen molar-refractivity contribution in [2.24, 2.45) is 0 Å². The van der Waals surface area contributed by atoms with Crippen LogP contribution in [-0.2, 0) is 0 Å². The van der Waals surface area contributed by atoms with Gasteiger partial charge in [0.2, 0.25) is 10.1 Å². The number of nitrogens with one attached hydrogen (secondary N) is 2. The molecular weight excluding hydrogens is 256 g/mol. The number of nitrogens with zero attached hydrogens (tertiary/aromatic N) is 2. The van der Waals surface area contributed by atoms with Crippen molar-refractivity contribution in [2.45, 2.75) is 30.6 Å². The van der Waals surface area contributed by atoms with Gasteiger partial charge in [0.1, 0.15) is 0 Å². The molecule has 0 bridgehead atoms. The van der Waals surface area contributed by atoms with Crippen molar-refractivity contribution in [3.8, 4) is 0 Å². The SMILES string of the molecule is CNc1nnc(C(=O)NC2CCCC2SC)s1. The Kier molecular flexibility index (Phi) is 4.22. The first-order valence-electron chi connectivity index (χ1n) is 5.59. The van der Waals surface area contributed by atoms with E-state index in [2.05, 4.69) is 27.1 Å². The van der Waals surface area contributed by atoms with Gasteiger partial charge in [0, 0.05) is 18.3 Å². The van der Waals surface area contributed by atoms with Crippen LogP contribution in [0.4, 0.5) is 5.13 Å². The summed E-state index contributed by atoms with van der Waals surface area (Å²) in [7, 11) is 1.77. The highest BCUT2D eigenvalue weighted by molar-refractivity contribution is 7.99. The fourth-order valence-electron chi connectivity index (χ4n) is 2.02. The van der Waals surface area contributed by atoms with Gasteiger partial charge in [-0.1, -0.05) is 17.8 Å². The van der Waals surface area contributed by atoms with Crippen LogP contribution in [0.25, 0.3) is 0 Å². The largest absolute Gasteiger partial charge is 0.363 e. The van der Waals surface area contributed by atoms with Crippen LogP contribution < -0.4 is 10.6 Å². The van der Waals surface area contributed by atoms with Gasteiger partial charge in [-0.05, 0) is 19.1 Å². The third kappa shape index (κ3) is 2.90. The topological polar surface area (TPSA) is 66.9 Å². The van der Waals surface area contributed by atoms with E-state index in [0.29, 0.717) is 15.4 Å². The van der Waals surface area contributed by atoms with Crippen LogP contribution in [0.5, 0.6) is 0 Å². The molecule has 2 rings (SSSR count). The number of aromatic nitrogens is 2. The summed E-state index contributed by atoms with van der Waals surface area (Å²) in [5.74, 6) is -0.102. The van der Waals surface area contributed by atoms with Crippen molar-refractivity contribution in [3.05, 3.63) is 5.01 Å². The van der Waals surface area contributed by atoms with E-state index < -0.39 is 0 Å². The smallest absolute Gasteiger partial charge is 0.282 e. The van der Waals surface area contributed by atoms with E-state index in [1.165, 1.54) is 24.2 Å². The molecule has 1 aliphatic rings. The number of carbonyl (C=O) groups excluding carboxylic acids is 1. The number of hydrogen-bond donors (Lipinski definition) is 2. The lowest BCUT2D eigenvalue weighted by Gasteiger charge is -2.18. The molecule has 0 saturated heterocycles. The van der Waals surface area contributed by atoms with E-state index in [1.807, 2.05) is 11.8 Å². The van der Waals surface area contributed by atoms with Gasteiger partial charge in [-0.25, -0.2) is 0 Å². The van der Waals surface area contributed by atoms with E-state index in [1.54, 1.807) is 7.05 Å². The minimum atomic E-state index is -0.102. The predicted octanol–water partition coefficient (Wildman–Crippen LogP) is 1.59. The maximum absolute atomic E-state index is 12.0. The Morgan fingerprint density at radius 3 is 2.94 bits per heavy atom. The van der Waals surface area contributed by atoms with Gasteiger partial charge in [-0.2, -0.15) is 11.8 Å². The number of carbonyl (C=O) groups is 1. The van der Waals surface area contributed by atoms with E-state index in [0.717, 1.165) is 6.42 Å². The van der Waals surface area contributed by atoms with Gasteiger partial charge in [-0.15, -0.1) is 10.2 Å². The Bertz CT molecular complexity index is 395. The molecule has 0 aliphatic heterocycles. The van der Waals surface area contributed by atoms with E-state index in [9.17, 15) is 4.79 Å². The summed E-state index contributed by atoms with van der Waals surface area (Å²) in [6, 6.07) is 0.277. The molecule has 0 radical (unpaired) electrons. The molecule has 0 aromatic carbocycles. The van der Waals surface area contributed by atoms with Crippen LogP contribution in [0.15, 0.2) is 0 Å². The second-order valence-corrected chi connectivity index (χ2v) is 6.00. The molecule has 2 unspecified atom stereocenters. The Labute approximate surface area is 109 Å². The third-order valence-electron chi connectivity index (χ3n) is 2.90. The van der Waals surface area contributed by atoms with E-state index in [-0.39, 0.29) is 11.9 Å². The molecule has 1 saturated carbocycles. The zero-order chi connectivity index (χ0) is 12.3. The molecule has 1 aromatic rings. The normalized spacial score (nSPS) is 23.6. The molecule has 7 heteroatoms. The molecule has 5 nitrogen and oxygen atoms in total. The molecule has 1 heterocycles. The summed E-state index contributed by atoms with van der Waals surface area (Å²) in [4.78, 5) is 12.0. The highest BCUT2D eigenvalue weighted by atomic mass is 32.2. The highest BCUT2D eigenvalue weighted by Gasteiger charge is 2.28. The molecule has 1 aliphatic carbocycles. The maximum Gasteiger partial charge on any atom is 0.282 e. The zero-order valence-corrected chi connectivity index (χ0v) is 11.5. The van der Waals surface area contributed by atoms with E-state index in [4.69, 9.17) is 0 Å². The average molecular weight is 272 g/mol. The third-order valence-corrected chi connectivity index (χ3v) is 5.01. The van der Waals surface area contributed by atoms with Crippen LogP contribution >= 0.6 is 23.1 Å². The van der Waals surface area contributed by atoms with Crippen molar-refractivity contribution >= 4 is 34.1 Å². The van der Waals surface area contributed by atoms with Gasteiger partial charge < -0.3 is 10.6 Å². The molecule has 1 amide bonds. The van der Waals surface area contributed by atoms with Crippen molar-refractivity contribution < 1.29 is 4.79 Å². The number of amides is 1. The van der Waals surface area contributed by atoms with Gasteiger partial charge in [0.25, 0.3) is 5.91 Å². The summed E-state index contributed by atoms with van der Waals surface area (Å²) in [5, 5.41) is 15.3. The van der Waals surface area contributed by atoms with Crippen molar-refractivity contribution in [3.63, 3.8) is 0 Å². The minimum absolute atomic E-state index is 0.102. The lowest BCUT2D eigenvalue weighted by molar-refractivity contribution is 0.0937. The first-order chi connectivity index (χ1) is 8.24. The number of hydrogen-bond acceptors (Lipinski definition) is 6. The molecule has 94 valence electrons. The summed E-state index contributed by atoms with van der Waals surface area (Å²) < 4.78 is 0. The summed E-state index contributed by atoms with van der Waals surface area (Å²) in [6.45, 7) is 0. The molecule has 17 heavy (non-hydrogen) atoms. The van der Waals surface area contributed by atoms with Crippen LogP contribution in [-0.4, -0.2) is 40.7 Å². The number of rotatable bonds is 4. The molecule has 2 atom stereocenters. The molecule has 0 spiro atoms. The highest BCUT2D eigenvalue weighted by Crippen LogP contribution is 2.28. The quantitative estimate of drug-likeness (QED) is 0.871. The van der Waals surface area contributed by atoms with Crippen LogP contribution in [0.2, 0.25) is 0 Å². The lowest BCUT2D eigenvalue weighted by atomic mass is 10.2. The zero-order valence-electron chi connectivity index (χ0n) is 9.90. The summed E-state index contributed by atoms with van der Waals surface area (Å²) >= 11 is 3.11. The van der Waals surface area contributed by atoms with Gasteiger partial charge >= 0.3 is 0 Å². The van der Waals surface area contributed by atoms with Crippen LogP contribution in [0, 0.1) is 0 Å². The first kappa shape index (κ1) is 12.6. The number of anilines is 1. The molecular formula is C10H16N4OS2. The summed E-state index contributed by atoms with van der Waals surface area (Å²) in [5.41, 5.74) is 0. The Morgan fingerprint density at radius 1 is 1.47 bits per heavy atom. The average Bonchev–Trinajstić information content (AvgIpc) is 2.96. The molecule has 1 aromatic heterocycles. The van der Waals surface area contributed by atoms with Crippen LogP contribution in [0.3, 0.4) is 0 Å². The van der Waals surface area contributed by atoms with Gasteiger partial charge in [-0.3, -0.25) is 4.79 Å². The number of thioether (sulfide) groups is 1. The Balaban J connectivity index is 1.96. The minimum Gasteiger partial charge on any atom is -0.363 e. The lowest BCUT2D eigenvalue weighted by Crippen LogP contribution is -2.38. The monoisotopic (exact) mass is 272 g/mol. The van der Waals surface area contributed by atoms with Crippen molar-refractivity contribution in [1.29, 1.82) is 0 Å². The standard InChI is InChI=1S/C10H16N4OS2/c1-11-10-14-13-9(17-10)8(15)12-6-4-3-5-7(6)16-2/h6-7H,3-5H2,1-2H3,(H,11,14)(H,12,15). The Morgan fingerprint density at radius 2 is 2.29 bits per heavy atom. The van der Waals surface area contributed by atoms with Crippen LogP contribution in [0.1, 0.15) is 29.1 Å². The molecule has 1 fully saturated rings. The van der Waals surface area contributed by atoms with Gasteiger partial charge in [0.15, 0.2) is 0 Å². The maximum atomic E-state index is 12.0. The fraction of sp³-hybridized carbons (Fsp3) is 0.700. The molecule has 2 N–H and O–H groups in total. The summed E-state index contributed by atoms with van der Waals surface area (Å²) in [6.07, 6.45) is 5.53. The predicted molar refractivity (Wildman–Crippen MR) is 71.9 cm³/mol. The van der Waals surface area contributed by atoms with Crippen molar-refractivity contribution in [1.82, 2.24) is 15.5 Å². The second-order valence-electron chi connectivity index (χ2n) is 3.95.